The summed E-state index contributed by atoms with van der Waals surface area (Å²) in [4.78, 5) is 10.6. The lowest BCUT2D eigenvalue weighted by molar-refractivity contribution is 0.583. The van der Waals surface area contributed by atoms with Crippen molar-refractivity contribution in [2.45, 2.75) is 10.6 Å². The number of halogens is 1. The second-order valence-corrected chi connectivity index (χ2v) is 6.72. The Morgan fingerprint density at radius 2 is 2.29 bits per heavy atom. The Hall–Kier alpha value is -0.960. The molecule has 0 saturated heterocycles. The van der Waals surface area contributed by atoms with Crippen LogP contribution in [0.5, 0.6) is 0 Å². The van der Waals surface area contributed by atoms with Crippen molar-refractivity contribution in [2.75, 3.05) is 6.54 Å². The van der Waals surface area contributed by atoms with Gasteiger partial charge in [-0.2, -0.15) is 0 Å². The van der Waals surface area contributed by atoms with Crippen LogP contribution in [0, 0.1) is 0 Å². The average Bonchev–Trinajstić information content (AvgIpc) is 2.89. The third-order valence-electron chi connectivity index (χ3n) is 1.93. The van der Waals surface area contributed by atoms with Crippen molar-refractivity contribution in [2.24, 2.45) is 0 Å². The van der Waals surface area contributed by atoms with Gasteiger partial charge in [-0.3, -0.25) is 0 Å². The molecule has 2 aromatic rings. The highest BCUT2D eigenvalue weighted by atomic mass is 35.5. The van der Waals surface area contributed by atoms with E-state index in [1.807, 2.05) is 0 Å². The van der Waals surface area contributed by atoms with Crippen molar-refractivity contribution in [1.29, 1.82) is 0 Å². The summed E-state index contributed by atoms with van der Waals surface area (Å²) in [5.41, 5.74) is 0. The first kappa shape index (κ1) is 12.5. The number of hydrogen-bond acceptors (Lipinski definition) is 5. The maximum atomic E-state index is 11.7. The molecule has 0 aliphatic rings. The Kier molecular flexibility index (Phi) is 3.77. The number of aromatic nitrogens is 3. The lowest BCUT2D eigenvalue weighted by atomic mass is 10.4. The predicted molar refractivity (Wildman–Crippen MR) is 64.6 cm³/mol. The fourth-order valence-corrected chi connectivity index (χ4v) is 3.54. The molecule has 0 radical (unpaired) electrons. The van der Waals surface area contributed by atoms with Gasteiger partial charge in [0.15, 0.2) is 8.68 Å². The van der Waals surface area contributed by atoms with E-state index in [0.29, 0.717) is 6.42 Å². The van der Waals surface area contributed by atoms with Gasteiger partial charge in [0.25, 0.3) is 10.0 Å². The Balaban J connectivity index is 1.94. The summed E-state index contributed by atoms with van der Waals surface area (Å²) in [5.74, 6) is 0.732. The summed E-state index contributed by atoms with van der Waals surface area (Å²) in [6.45, 7) is 0.269. The highest BCUT2D eigenvalue weighted by Crippen LogP contribution is 2.21. The van der Waals surface area contributed by atoms with Crippen molar-refractivity contribution >= 4 is 33.0 Å². The molecule has 2 heterocycles. The predicted octanol–water partition coefficient (Wildman–Crippen LogP) is 1.04. The molecule has 6 nitrogen and oxygen atoms in total. The lowest BCUT2D eigenvalue weighted by Gasteiger charge is -2.02. The number of thiazole rings is 1. The van der Waals surface area contributed by atoms with Crippen molar-refractivity contribution in [1.82, 2.24) is 19.7 Å². The van der Waals surface area contributed by atoms with Gasteiger partial charge in [0.05, 0.1) is 6.20 Å². The number of rotatable bonds is 5. The molecule has 2 rings (SSSR count). The first-order valence-electron chi connectivity index (χ1n) is 4.67. The van der Waals surface area contributed by atoms with Crippen LogP contribution in [0.15, 0.2) is 22.8 Å². The molecule has 9 heteroatoms. The Morgan fingerprint density at radius 1 is 1.47 bits per heavy atom. The van der Waals surface area contributed by atoms with E-state index in [9.17, 15) is 8.42 Å². The van der Waals surface area contributed by atoms with Gasteiger partial charge in [0.1, 0.15) is 5.82 Å². The monoisotopic (exact) mass is 292 g/mol. The van der Waals surface area contributed by atoms with E-state index in [-0.39, 0.29) is 15.2 Å². The van der Waals surface area contributed by atoms with Gasteiger partial charge in [-0.05, 0) is 0 Å². The third kappa shape index (κ3) is 3.25. The average molecular weight is 293 g/mol. The fourth-order valence-electron chi connectivity index (χ4n) is 1.17. The number of imidazole rings is 1. The molecule has 17 heavy (non-hydrogen) atoms. The van der Waals surface area contributed by atoms with E-state index < -0.39 is 10.0 Å². The maximum absolute atomic E-state index is 11.7. The SMILES string of the molecule is O=S(=O)(NCCc1ncc[nH]1)c1cnc(Cl)s1. The molecule has 0 aliphatic heterocycles. The molecule has 92 valence electrons. The largest absolute Gasteiger partial charge is 0.349 e. The van der Waals surface area contributed by atoms with Crippen molar-refractivity contribution in [3.63, 3.8) is 0 Å². The summed E-state index contributed by atoms with van der Waals surface area (Å²) in [5, 5.41) is 0. The molecule has 0 aliphatic carbocycles. The van der Waals surface area contributed by atoms with E-state index in [0.717, 1.165) is 17.2 Å². The molecule has 0 amide bonds. The van der Waals surface area contributed by atoms with Crippen LogP contribution in [0.4, 0.5) is 0 Å². The van der Waals surface area contributed by atoms with Crippen molar-refractivity contribution < 1.29 is 8.42 Å². The minimum absolute atomic E-state index is 0.113. The minimum atomic E-state index is -3.51. The van der Waals surface area contributed by atoms with Gasteiger partial charge in [0.2, 0.25) is 0 Å². The zero-order valence-corrected chi connectivity index (χ0v) is 10.9. The zero-order valence-electron chi connectivity index (χ0n) is 8.55. The third-order valence-corrected chi connectivity index (χ3v) is 4.97. The van der Waals surface area contributed by atoms with Gasteiger partial charge < -0.3 is 4.98 Å². The van der Waals surface area contributed by atoms with E-state index in [1.165, 1.54) is 6.20 Å². The minimum Gasteiger partial charge on any atom is -0.349 e. The quantitative estimate of drug-likeness (QED) is 0.862. The molecule has 2 aromatic heterocycles. The topological polar surface area (TPSA) is 87.7 Å². The number of sulfonamides is 1. The second-order valence-electron chi connectivity index (χ2n) is 3.12. The van der Waals surface area contributed by atoms with E-state index in [1.54, 1.807) is 12.4 Å². The van der Waals surface area contributed by atoms with E-state index in [4.69, 9.17) is 11.6 Å². The van der Waals surface area contributed by atoms with Crippen molar-refractivity contribution in [3.8, 4) is 0 Å². The van der Waals surface area contributed by atoms with Crippen LogP contribution in [0.1, 0.15) is 5.82 Å². The fraction of sp³-hybridized carbons (Fsp3) is 0.250. The molecule has 0 aromatic carbocycles. The van der Waals surface area contributed by atoms with Crippen LogP contribution in [-0.2, 0) is 16.4 Å². The first-order chi connectivity index (χ1) is 8.08. The number of aromatic amines is 1. The molecular weight excluding hydrogens is 284 g/mol. The smallest absolute Gasteiger partial charge is 0.251 e. The number of nitrogens with zero attached hydrogens (tertiary/aromatic N) is 2. The highest BCUT2D eigenvalue weighted by molar-refractivity contribution is 7.91. The normalized spacial score (nSPS) is 11.8. The van der Waals surface area contributed by atoms with Gasteiger partial charge in [0, 0.05) is 25.4 Å². The Morgan fingerprint density at radius 3 is 2.88 bits per heavy atom. The summed E-state index contributed by atoms with van der Waals surface area (Å²) >= 11 is 6.50. The van der Waals surface area contributed by atoms with Crippen LogP contribution in [0.2, 0.25) is 4.47 Å². The standard InChI is InChI=1S/C8H9ClN4O2S2/c9-8-12-5-7(16-8)17(14,15)13-2-1-6-10-3-4-11-6/h3-5,13H,1-2H2,(H,10,11). The Labute approximate surface area is 107 Å². The molecule has 0 spiro atoms. The van der Waals surface area contributed by atoms with Gasteiger partial charge >= 0.3 is 0 Å². The van der Waals surface area contributed by atoms with Crippen LogP contribution >= 0.6 is 22.9 Å². The van der Waals surface area contributed by atoms with Crippen LogP contribution in [0.3, 0.4) is 0 Å². The summed E-state index contributed by atoms with van der Waals surface area (Å²) < 4.78 is 26.3. The maximum Gasteiger partial charge on any atom is 0.251 e. The molecule has 0 atom stereocenters. The Bertz CT molecular complexity index is 578. The first-order valence-corrected chi connectivity index (χ1v) is 7.35. The number of H-pyrrole nitrogens is 1. The van der Waals surface area contributed by atoms with Gasteiger partial charge in [-0.15, -0.1) is 0 Å². The molecular formula is C8H9ClN4O2S2. The molecule has 0 fully saturated rings. The second kappa shape index (κ2) is 5.13. The molecule has 0 saturated carbocycles. The van der Waals surface area contributed by atoms with E-state index >= 15 is 0 Å². The number of hydrogen-bond donors (Lipinski definition) is 2. The van der Waals surface area contributed by atoms with Crippen LogP contribution < -0.4 is 4.72 Å². The summed E-state index contributed by atoms with van der Waals surface area (Å²) in [6, 6.07) is 0. The molecule has 2 N–H and O–H groups in total. The highest BCUT2D eigenvalue weighted by Gasteiger charge is 2.16. The van der Waals surface area contributed by atoms with E-state index in [2.05, 4.69) is 19.7 Å². The van der Waals surface area contributed by atoms with Crippen molar-refractivity contribution in [3.05, 3.63) is 28.9 Å². The van der Waals surface area contributed by atoms with Crippen LogP contribution in [0.25, 0.3) is 0 Å². The summed E-state index contributed by atoms with van der Waals surface area (Å²) in [6.07, 6.45) is 5.04. The summed E-state index contributed by atoms with van der Waals surface area (Å²) in [7, 11) is -3.51. The molecule has 0 bridgehead atoms. The van der Waals surface area contributed by atoms with Crippen LogP contribution in [-0.4, -0.2) is 29.9 Å². The van der Waals surface area contributed by atoms with Gasteiger partial charge in [-0.1, -0.05) is 22.9 Å². The molecule has 0 unspecified atom stereocenters. The number of nitrogens with one attached hydrogen (secondary N) is 2. The van der Waals surface area contributed by atoms with Gasteiger partial charge in [-0.25, -0.2) is 23.1 Å². The lowest BCUT2D eigenvalue weighted by Crippen LogP contribution is -2.25. The zero-order chi connectivity index (χ0) is 12.3.